The van der Waals surface area contributed by atoms with Crippen LogP contribution in [0.3, 0.4) is 0 Å². The molecule has 0 saturated heterocycles. The van der Waals surface area contributed by atoms with Gasteiger partial charge in [-0.2, -0.15) is 5.10 Å². The van der Waals surface area contributed by atoms with Gasteiger partial charge in [0.15, 0.2) is 0 Å². The van der Waals surface area contributed by atoms with Crippen molar-refractivity contribution >= 4 is 17.6 Å². The zero-order valence-corrected chi connectivity index (χ0v) is 21.3. The average Bonchev–Trinajstić information content (AvgIpc) is 3.26. The molecule has 0 unspecified atom stereocenters. The van der Waals surface area contributed by atoms with Gasteiger partial charge in [-0.15, -0.1) is 0 Å². The minimum Gasteiger partial charge on any atom is -0.496 e. The molecule has 0 spiro atoms. The van der Waals surface area contributed by atoms with Crippen molar-refractivity contribution in [3.05, 3.63) is 71.4 Å². The van der Waals surface area contributed by atoms with Gasteiger partial charge < -0.3 is 19.7 Å². The van der Waals surface area contributed by atoms with Crippen molar-refractivity contribution in [2.45, 2.75) is 33.1 Å². The second-order valence-electron chi connectivity index (χ2n) is 9.38. The van der Waals surface area contributed by atoms with Crippen LogP contribution in [0, 0.1) is 6.92 Å². The van der Waals surface area contributed by atoms with Gasteiger partial charge in [0.25, 0.3) is 5.91 Å². The fourth-order valence-electron chi connectivity index (χ4n) is 3.52. The van der Waals surface area contributed by atoms with Crippen molar-refractivity contribution in [2.75, 3.05) is 39.2 Å². The van der Waals surface area contributed by atoms with E-state index in [0.717, 1.165) is 16.9 Å². The SMILES string of the molecule is COCCN(CC(=O)Nc1cc(C(C)(C)C)nn1-c1ccc(C)cc1)C(=O)c1ccccc1OC. The van der Waals surface area contributed by atoms with E-state index in [1.165, 1.54) is 12.0 Å². The Morgan fingerprint density at radius 3 is 2.37 bits per heavy atom. The summed E-state index contributed by atoms with van der Waals surface area (Å²) in [6.07, 6.45) is 0. The van der Waals surface area contributed by atoms with E-state index in [9.17, 15) is 9.59 Å². The number of methoxy groups -OCH3 is 2. The fourth-order valence-corrected chi connectivity index (χ4v) is 3.52. The molecule has 0 saturated carbocycles. The number of amides is 2. The maximum absolute atomic E-state index is 13.3. The highest BCUT2D eigenvalue weighted by Crippen LogP contribution is 2.26. The molecule has 3 aromatic rings. The highest BCUT2D eigenvalue weighted by molar-refractivity contribution is 6.00. The molecule has 0 aliphatic heterocycles. The number of aryl methyl sites for hydroxylation is 1. The standard InChI is InChI=1S/C27H34N4O4/c1-19-11-13-20(14-12-19)31-24(17-23(29-31)27(2,3)4)28-25(32)18-30(15-16-34-5)26(33)21-9-7-8-10-22(21)35-6/h7-14,17H,15-16,18H2,1-6H3,(H,28,32). The number of hydrogen-bond acceptors (Lipinski definition) is 5. The Bertz CT molecular complexity index is 1160. The van der Waals surface area contributed by atoms with Gasteiger partial charge in [0.1, 0.15) is 18.1 Å². The number of anilines is 1. The van der Waals surface area contributed by atoms with Crippen LogP contribution in [-0.2, 0) is 14.9 Å². The first-order valence-electron chi connectivity index (χ1n) is 11.5. The average molecular weight is 479 g/mol. The van der Waals surface area contributed by atoms with Crippen molar-refractivity contribution in [1.82, 2.24) is 14.7 Å². The van der Waals surface area contributed by atoms with Crippen molar-refractivity contribution in [1.29, 1.82) is 0 Å². The van der Waals surface area contributed by atoms with Gasteiger partial charge in [-0.1, -0.05) is 50.6 Å². The lowest BCUT2D eigenvalue weighted by molar-refractivity contribution is -0.117. The summed E-state index contributed by atoms with van der Waals surface area (Å²) in [5, 5.41) is 7.71. The fraction of sp³-hybridized carbons (Fsp3) is 0.370. The number of rotatable bonds is 9. The second-order valence-corrected chi connectivity index (χ2v) is 9.38. The van der Waals surface area contributed by atoms with Crippen LogP contribution in [0.4, 0.5) is 5.82 Å². The number of nitrogens with zero attached hydrogens (tertiary/aromatic N) is 3. The molecule has 0 radical (unpaired) electrons. The zero-order valence-electron chi connectivity index (χ0n) is 21.3. The topological polar surface area (TPSA) is 85.7 Å². The number of para-hydroxylation sites is 1. The Balaban J connectivity index is 1.87. The van der Waals surface area contributed by atoms with Crippen LogP contribution >= 0.6 is 0 Å². The first-order valence-corrected chi connectivity index (χ1v) is 11.5. The lowest BCUT2D eigenvalue weighted by Gasteiger charge is -2.23. The summed E-state index contributed by atoms with van der Waals surface area (Å²) in [5.74, 6) is 0.350. The largest absolute Gasteiger partial charge is 0.496 e. The number of nitrogens with one attached hydrogen (secondary N) is 1. The Hall–Kier alpha value is -3.65. The second kappa shape index (κ2) is 11.2. The highest BCUT2D eigenvalue weighted by atomic mass is 16.5. The summed E-state index contributed by atoms with van der Waals surface area (Å²) in [7, 11) is 3.07. The van der Waals surface area contributed by atoms with Gasteiger partial charge in [0.05, 0.1) is 30.7 Å². The van der Waals surface area contributed by atoms with E-state index in [4.69, 9.17) is 14.6 Å². The Labute approximate surface area is 206 Å². The Kier molecular flexibility index (Phi) is 8.30. The van der Waals surface area contributed by atoms with E-state index in [2.05, 4.69) is 26.1 Å². The van der Waals surface area contributed by atoms with E-state index in [0.29, 0.717) is 23.7 Å². The molecule has 2 aromatic carbocycles. The summed E-state index contributed by atoms with van der Waals surface area (Å²) >= 11 is 0. The number of hydrogen-bond donors (Lipinski definition) is 1. The maximum Gasteiger partial charge on any atom is 0.258 e. The van der Waals surface area contributed by atoms with Crippen LogP contribution in [0.25, 0.3) is 5.69 Å². The number of ether oxygens (including phenoxy) is 2. The molecule has 35 heavy (non-hydrogen) atoms. The lowest BCUT2D eigenvalue weighted by atomic mass is 9.92. The summed E-state index contributed by atoms with van der Waals surface area (Å²) in [6.45, 7) is 8.62. The summed E-state index contributed by atoms with van der Waals surface area (Å²) < 4.78 is 12.2. The Morgan fingerprint density at radius 2 is 1.74 bits per heavy atom. The third-order valence-corrected chi connectivity index (χ3v) is 5.55. The van der Waals surface area contributed by atoms with Gasteiger partial charge >= 0.3 is 0 Å². The number of carbonyl (C=O) groups is 2. The van der Waals surface area contributed by atoms with E-state index >= 15 is 0 Å². The van der Waals surface area contributed by atoms with E-state index < -0.39 is 0 Å². The van der Waals surface area contributed by atoms with Crippen molar-refractivity contribution < 1.29 is 19.1 Å². The minimum absolute atomic E-state index is 0.149. The predicted molar refractivity (Wildman–Crippen MR) is 136 cm³/mol. The maximum atomic E-state index is 13.3. The Morgan fingerprint density at radius 1 is 1.06 bits per heavy atom. The third kappa shape index (κ3) is 6.48. The lowest BCUT2D eigenvalue weighted by Crippen LogP contribution is -2.40. The smallest absolute Gasteiger partial charge is 0.258 e. The molecule has 0 fully saturated rings. The molecule has 8 nitrogen and oxygen atoms in total. The molecule has 0 atom stereocenters. The monoisotopic (exact) mass is 478 g/mol. The van der Waals surface area contributed by atoms with Crippen LogP contribution in [0.2, 0.25) is 0 Å². The van der Waals surface area contributed by atoms with Gasteiger partial charge in [-0.3, -0.25) is 9.59 Å². The summed E-state index contributed by atoms with van der Waals surface area (Å²) in [6, 6.07) is 16.7. The van der Waals surface area contributed by atoms with Crippen molar-refractivity contribution in [3.63, 3.8) is 0 Å². The van der Waals surface area contributed by atoms with Crippen LogP contribution in [0.15, 0.2) is 54.6 Å². The number of aromatic nitrogens is 2. The van der Waals surface area contributed by atoms with Crippen LogP contribution in [0.1, 0.15) is 42.4 Å². The summed E-state index contributed by atoms with van der Waals surface area (Å²) in [4.78, 5) is 27.9. The summed E-state index contributed by atoms with van der Waals surface area (Å²) in [5.41, 5.74) is 2.99. The predicted octanol–water partition coefficient (Wildman–Crippen LogP) is 4.21. The first-order chi connectivity index (χ1) is 16.6. The normalized spacial score (nSPS) is 11.3. The van der Waals surface area contributed by atoms with E-state index in [-0.39, 0.29) is 30.3 Å². The van der Waals surface area contributed by atoms with Gasteiger partial charge in [0.2, 0.25) is 5.91 Å². The molecule has 1 aromatic heterocycles. The minimum atomic E-state index is -0.335. The van der Waals surface area contributed by atoms with Crippen LogP contribution in [-0.4, -0.2) is 60.4 Å². The van der Waals surface area contributed by atoms with Gasteiger partial charge in [-0.05, 0) is 31.2 Å². The third-order valence-electron chi connectivity index (χ3n) is 5.55. The van der Waals surface area contributed by atoms with Crippen molar-refractivity contribution in [2.24, 2.45) is 0 Å². The molecular weight excluding hydrogens is 444 g/mol. The number of carbonyl (C=O) groups excluding carboxylic acids is 2. The van der Waals surface area contributed by atoms with Crippen LogP contribution < -0.4 is 10.1 Å². The molecule has 0 aliphatic carbocycles. The molecular formula is C27H34N4O4. The van der Waals surface area contributed by atoms with Gasteiger partial charge in [0, 0.05) is 25.1 Å². The molecule has 1 heterocycles. The molecule has 0 bridgehead atoms. The van der Waals surface area contributed by atoms with E-state index in [1.807, 2.05) is 37.3 Å². The molecule has 2 amide bonds. The molecule has 3 rings (SSSR count). The molecule has 1 N–H and O–H groups in total. The number of benzene rings is 2. The molecule has 186 valence electrons. The highest BCUT2D eigenvalue weighted by Gasteiger charge is 2.24. The van der Waals surface area contributed by atoms with Gasteiger partial charge in [-0.25, -0.2) is 4.68 Å². The first kappa shape index (κ1) is 26.0. The molecule has 8 heteroatoms. The zero-order chi connectivity index (χ0) is 25.6. The van der Waals surface area contributed by atoms with E-state index in [1.54, 1.807) is 36.1 Å². The molecule has 0 aliphatic rings. The van der Waals surface area contributed by atoms with Crippen molar-refractivity contribution in [3.8, 4) is 11.4 Å². The quantitative estimate of drug-likeness (QED) is 0.498. The van der Waals surface area contributed by atoms with Crippen LogP contribution in [0.5, 0.6) is 5.75 Å².